The van der Waals surface area contributed by atoms with Crippen LogP contribution in [0.4, 0.5) is 5.69 Å². The topological polar surface area (TPSA) is 15.3 Å². The predicted molar refractivity (Wildman–Crippen MR) is 77.7 cm³/mol. The van der Waals surface area contributed by atoms with Gasteiger partial charge in [-0.15, -0.1) is 0 Å². The van der Waals surface area contributed by atoms with E-state index in [0.717, 1.165) is 6.54 Å². The van der Waals surface area contributed by atoms with Gasteiger partial charge in [-0.3, -0.25) is 0 Å². The van der Waals surface area contributed by atoms with E-state index in [1.165, 1.54) is 54.6 Å². The van der Waals surface area contributed by atoms with Crippen molar-refractivity contribution < 1.29 is 0 Å². The van der Waals surface area contributed by atoms with E-state index in [9.17, 15) is 0 Å². The summed E-state index contributed by atoms with van der Waals surface area (Å²) in [6.07, 6.45) is 3.99. The van der Waals surface area contributed by atoms with E-state index in [4.69, 9.17) is 0 Å². The van der Waals surface area contributed by atoms with Gasteiger partial charge in [0.1, 0.15) is 0 Å². The second-order valence-electron chi connectivity index (χ2n) is 4.77. The van der Waals surface area contributed by atoms with E-state index in [0.29, 0.717) is 0 Å². The van der Waals surface area contributed by atoms with Crippen LogP contribution in [-0.4, -0.2) is 31.1 Å². The zero-order chi connectivity index (χ0) is 12.1. The lowest BCUT2D eigenvalue weighted by Gasteiger charge is -2.15. The molecule has 94 valence electrons. The number of benzene rings is 1. The monoisotopic (exact) mass is 296 g/mol. The van der Waals surface area contributed by atoms with Gasteiger partial charge in [-0.05, 0) is 73.4 Å². The van der Waals surface area contributed by atoms with E-state index >= 15 is 0 Å². The fourth-order valence-electron chi connectivity index (χ4n) is 2.32. The second-order valence-corrected chi connectivity index (χ2v) is 5.56. The van der Waals surface area contributed by atoms with Crippen molar-refractivity contribution in [3.8, 4) is 0 Å². The van der Waals surface area contributed by atoms with Crippen molar-refractivity contribution in [1.29, 1.82) is 0 Å². The van der Waals surface area contributed by atoms with Crippen LogP contribution in [0.15, 0.2) is 22.7 Å². The van der Waals surface area contributed by atoms with Crippen molar-refractivity contribution >= 4 is 21.6 Å². The zero-order valence-electron chi connectivity index (χ0n) is 10.5. The molecule has 0 bridgehead atoms. The predicted octanol–water partition coefficient (Wildman–Crippen LogP) is 3.66. The third kappa shape index (κ3) is 3.71. The maximum Gasteiger partial charge on any atom is 0.0487 e. The Morgan fingerprint density at radius 2 is 2.06 bits per heavy atom. The minimum absolute atomic E-state index is 1.05. The molecule has 0 atom stereocenters. The van der Waals surface area contributed by atoms with Crippen LogP contribution in [-0.2, 0) is 0 Å². The molecule has 17 heavy (non-hydrogen) atoms. The Labute approximate surface area is 113 Å². The molecule has 0 aromatic heterocycles. The lowest BCUT2D eigenvalue weighted by atomic mass is 10.2. The maximum atomic E-state index is 3.63. The summed E-state index contributed by atoms with van der Waals surface area (Å²) in [5.74, 6) is 0. The molecule has 0 aliphatic carbocycles. The molecule has 1 fully saturated rings. The molecule has 0 saturated carbocycles. The molecule has 3 heteroatoms. The standard InChI is InChI=1S/C14H21BrN2/c1-12-6-4-7-13(14(12)15)16-8-5-11-17-9-2-3-10-17/h4,6-7,16H,2-3,5,8-11H2,1H3. The molecule has 1 aliphatic heterocycles. The normalized spacial score (nSPS) is 16.4. The summed E-state index contributed by atoms with van der Waals surface area (Å²) in [4.78, 5) is 2.56. The fourth-order valence-corrected chi connectivity index (χ4v) is 2.72. The zero-order valence-corrected chi connectivity index (χ0v) is 12.1. The molecule has 1 aromatic carbocycles. The molecule has 0 amide bonds. The smallest absolute Gasteiger partial charge is 0.0487 e. The van der Waals surface area contributed by atoms with Gasteiger partial charge < -0.3 is 10.2 Å². The van der Waals surface area contributed by atoms with Gasteiger partial charge in [-0.25, -0.2) is 0 Å². The first-order chi connectivity index (χ1) is 8.27. The third-order valence-corrected chi connectivity index (χ3v) is 4.41. The van der Waals surface area contributed by atoms with Crippen molar-refractivity contribution in [2.45, 2.75) is 26.2 Å². The van der Waals surface area contributed by atoms with Gasteiger partial charge in [0.05, 0.1) is 0 Å². The van der Waals surface area contributed by atoms with Crippen molar-refractivity contribution in [2.24, 2.45) is 0 Å². The number of likely N-dealkylation sites (tertiary alicyclic amines) is 1. The molecule has 1 saturated heterocycles. The maximum absolute atomic E-state index is 3.63. The van der Waals surface area contributed by atoms with Crippen LogP contribution in [0.1, 0.15) is 24.8 Å². The lowest BCUT2D eigenvalue weighted by Crippen LogP contribution is -2.22. The molecular formula is C14H21BrN2. The third-order valence-electron chi connectivity index (χ3n) is 3.36. The summed E-state index contributed by atoms with van der Waals surface area (Å²) in [5, 5.41) is 3.50. The van der Waals surface area contributed by atoms with Gasteiger partial charge in [-0.1, -0.05) is 12.1 Å². The number of hydrogen-bond acceptors (Lipinski definition) is 2. The van der Waals surface area contributed by atoms with Crippen molar-refractivity contribution in [3.63, 3.8) is 0 Å². The largest absolute Gasteiger partial charge is 0.384 e. The number of nitrogens with zero attached hydrogens (tertiary/aromatic N) is 1. The average Bonchev–Trinajstić information content (AvgIpc) is 2.83. The van der Waals surface area contributed by atoms with Gasteiger partial charge in [-0.2, -0.15) is 0 Å². The minimum atomic E-state index is 1.05. The molecular weight excluding hydrogens is 276 g/mol. The molecule has 0 unspecified atom stereocenters. The fraction of sp³-hybridized carbons (Fsp3) is 0.571. The highest BCUT2D eigenvalue weighted by atomic mass is 79.9. The summed E-state index contributed by atoms with van der Waals surface area (Å²) < 4.78 is 1.20. The lowest BCUT2D eigenvalue weighted by molar-refractivity contribution is 0.337. The van der Waals surface area contributed by atoms with Gasteiger partial charge >= 0.3 is 0 Å². The molecule has 1 aromatic rings. The summed E-state index contributed by atoms with van der Waals surface area (Å²) >= 11 is 3.63. The average molecular weight is 297 g/mol. The van der Waals surface area contributed by atoms with Crippen LogP contribution >= 0.6 is 15.9 Å². The van der Waals surface area contributed by atoms with E-state index in [1.807, 2.05) is 0 Å². The first-order valence-corrected chi connectivity index (χ1v) is 7.28. The van der Waals surface area contributed by atoms with Gasteiger partial charge in [0.25, 0.3) is 0 Å². The highest BCUT2D eigenvalue weighted by molar-refractivity contribution is 9.10. The number of nitrogens with one attached hydrogen (secondary N) is 1. The van der Waals surface area contributed by atoms with Crippen LogP contribution in [0, 0.1) is 6.92 Å². The summed E-state index contributed by atoms with van der Waals surface area (Å²) in [6.45, 7) is 7.01. The molecule has 1 heterocycles. The van der Waals surface area contributed by atoms with Crippen LogP contribution in [0.3, 0.4) is 0 Å². The van der Waals surface area contributed by atoms with E-state index < -0.39 is 0 Å². The SMILES string of the molecule is Cc1cccc(NCCCN2CCCC2)c1Br. The van der Waals surface area contributed by atoms with Crippen LogP contribution in [0.5, 0.6) is 0 Å². The van der Waals surface area contributed by atoms with Crippen LogP contribution < -0.4 is 5.32 Å². The summed E-state index contributed by atoms with van der Waals surface area (Å²) in [6, 6.07) is 6.36. The number of anilines is 1. The Bertz CT molecular complexity index is 359. The van der Waals surface area contributed by atoms with Crippen molar-refractivity contribution in [3.05, 3.63) is 28.2 Å². The van der Waals surface area contributed by atoms with Gasteiger partial charge in [0.15, 0.2) is 0 Å². The Morgan fingerprint density at radius 1 is 1.29 bits per heavy atom. The molecule has 2 rings (SSSR count). The van der Waals surface area contributed by atoms with Crippen molar-refractivity contribution in [1.82, 2.24) is 4.90 Å². The number of hydrogen-bond donors (Lipinski definition) is 1. The Kier molecular flexibility index (Phi) is 4.86. The molecule has 1 N–H and O–H groups in total. The summed E-state index contributed by atoms with van der Waals surface area (Å²) in [7, 11) is 0. The molecule has 1 aliphatic rings. The van der Waals surface area contributed by atoms with E-state index in [2.05, 4.69) is 51.3 Å². The molecule has 0 spiro atoms. The molecule has 2 nitrogen and oxygen atoms in total. The number of aryl methyl sites for hydroxylation is 1. The van der Waals surface area contributed by atoms with E-state index in [1.54, 1.807) is 0 Å². The minimum Gasteiger partial charge on any atom is -0.384 e. The Balaban J connectivity index is 1.72. The van der Waals surface area contributed by atoms with Crippen molar-refractivity contribution in [2.75, 3.05) is 31.5 Å². The highest BCUT2D eigenvalue weighted by Gasteiger charge is 2.10. The van der Waals surface area contributed by atoms with Gasteiger partial charge in [0, 0.05) is 16.7 Å². The highest BCUT2D eigenvalue weighted by Crippen LogP contribution is 2.25. The van der Waals surface area contributed by atoms with Crippen LogP contribution in [0.25, 0.3) is 0 Å². The number of rotatable bonds is 5. The van der Waals surface area contributed by atoms with E-state index in [-0.39, 0.29) is 0 Å². The quantitative estimate of drug-likeness (QED) is 0.835. The first kappa shape index (κ1) is 12.9. The van der Waals surface area contributed by atoms with Crippen LogP contribution in [0.2, 0.25) is 0 Å². The second kappa shape index (κ2) is 6.41. The molecule has 0 radical (unpaired) electrons. The summed E-state index contributed by atoms with van der Waals surface area (Å²) in [5.41, 5.74) is 2.50. The Morgan fingerprint density at radius 3 is 2.82 bits per heavy atom. The van der Waals surface area contributed by atoms with Gasteiger partial charge in [0.2, 0.25) is 0 Å². The number of halogens is 1. The Hall–Kier alpha value is -0.540. The first-order valence-electron chi connectivity index (χ1n) is 6.49.